The minimum Gasteiger partial charge on any atom is -0.372 e. The smallest absolute Gasteiger partial charge is 0.234 e. The van der Waals surface area contributed by atoms with Crippen LogP contribution in [0.5, 0.6) is 0 Å². The van der Waals surface area contributed by atoms with Crippen LogP contribution in [-0.4, -0.2) is 74.4 Å². The molecule has 8 heteroatoms. The fourth-order valence-electron chi connectivity index (χ4n) is 3.42. The predicted molar refractivity (Wildman–Crippen MR) is 102 cm³/mol. The van der Waals surface area contributed by atoms with Crippen LogP contribution < -0.4 is 10.6 Å². The summed E-state index contributed by atoms with van der Waals surface area (Å²) in [7, 11) is 0. The Morgan fingerprint density at radius 1 is 1.15 bits per heavy atom. The third kappa shape index (κ3) is 6.17. The van der Waals surface area contributed by atoms with Gasteiger partial charge < -0.3 is 20.1 Å². The second kappa shape index (κ2) is 9.50. The maximum absolute atomic E-state index is 12.2. The summed E-state index contributed by atoms with van der Waals surface area (Å²) in [5.74, 6) is -0.0901. The third-order valence-corrected chi connectivity index (χ3v) is 4.99. The van der Waals surface area contributed by atoms with E-state index in [9.17, 15) is 9.59 Å². The molecule has 148 valence electrons. The molecule has 2 atom stereocenters. The Labute approximate surface area is 164 Å². The number of carbonyl (C=O) groups is 2. The number of halogens is 1. The van der Waals surface area contributed by atoms with Crippen molar-refractivity contribution in [1.29, 1.82) is 0 Å². The highest BCUT2D eigenvalue weighted by Gasteiger charge is 2.37. The molecule has 3 rings (SSSR count). The van der Waals surface area contributed by atoms with Gasteiger partial charge in [-0.2, -0.15) is 0 Å². The van der Waals surface area contributed by atoms with Crippen molar-refractivity contribution in [3.8, 4) is 0 Å². The lowest BCUT2D eigenvalue weighted by molar-refractivity contribution is -0.122. The molecule has 0 bridgehead atoms. The standard InChI is InChI=1S/C19H26ClN3O4/c1-13(24)22-16-11-26-17-8-23(9-18(17)27-12-16)10-19(25)21-7-6-14-2-4-15(20)5-3-14/h2-5,16-18H,6-12H2,1H3,(H,21,25)(H,22,24)/t17-,18-/m0/s1. The van der Waals surface area contributed by atoms with Crippen LogP contribution in [0.2, 0.25) is 5.02 Å². The Morgan fingerprint density at radius 3 is 2.37 bits per heavy atom. The summed E-state index contributed by atoms with van der Waals surface area (Å²) in [6, 6.07) is 7.52. The Kier molecular flexibility index (Phi) is 7.07. The van der Waals surface area contributed by atoms with Gasteiger partial charge in [0.05, 0.1) is 38.0 Å². The highest BCUT2D eigenvalue weighted by atomic mass is 35.5. The highest BCUT2D eigenvalue weighted by molar-refractivity contribution is 6.30. The minimum atomic E-state index is -0.113. The molecular formula is C19H26ClN3O4. The zero-order valence-corrected chi connectivity index (χ0v) is 16.2. The largest absolute Gasteiger partial charge is 0.372 e. The molecule has 0 aliphatic carbocycles. The quantitative estimate of drug-likeness (QED) is 0.737. The van der Waals surface area contributed by atoms with E-state index >= 15 is 0 Å². The maximum Gasteiger partial charge on any atom is 0.234 e. The van der Waals surface area contributed by atoms with E-state index < -0.39 is 0 Å². The summed E-state index contributed by atoms with van der Waals surface area (Å²) in [6.45, 7) is 4.58. The Morgan fingerprint density at radius 2 is 1.78 bits per heavy atom. The molecule has 1 aromatic carbocycles. The molecule has 27 heavy (non-hydrogen) atoms. The minimum absolute atomic E-state index is 0.00320. The summed E-state index contributed by atoms with van der Waals surface area (Å²) in [4.78, 5) is 25.4. The molecule has 1 aromatic rings. The molecular weight excluding hydrogens is 370 g/mol. The summed E-state index contributed by atoms with van der Waals surface area (Å²) >= 11 is 5.87. The molecule has 0 aromatic heterocycles. The molecule has 2 fully saturated rings. The summed E-state index contributed by atoms with van der Waals surface area (Å²) < 4.78 is 11.8. The average Bonchev–Trinajstić information content (AvgIpc) is 2.91. The van der Waals surface area contributed by atoms with Gasteiger partial charge in [-0.1, -0.05) is 23.7 Å². The van der Waals surface area contributed by atoms with Crippen molar-refractivity contribution in [3.63, 3.8) is 0 Å². The predicted octanol–water partition coefficient (Wildman–Crippen LogP) is 0.603. The number of amides is 2. The van der Waals surface area contributed by atoms with Gasteiger partial charge in [0.15, 0.2) is 0 Å². The van der Waals surface area contributed by atoms with E-state index in [4.69, 9.17) is 21.1 Å². The Balaban J connectivity index is 1.36. The summed E-state index contributed by atoms with van der Waals surface area (Å²) in [5.41, 5.74) is 1.14. The van der Waals surface area contributed by atoms with E-state index in [1.54, 1.807) is 0 Å². The van der Waals surface area contributed by atoms with E-state index in [-0.39, 0.29) is 30.1 Å². The molecule has 0 spiro atoms. The number of likely N-dealkylation sites (tertiary alicyclic amines) is 1. The van der Waals surface area contributed by atoms with Crippen molar-refractivity contribution < 1.29 is 19.1 Å². The van der Waals surface area contributed by atoms with Crippen LogP contribution in [0.1, 0.15) is 12.5 Å². The van der Waals surface area contributed by atoms with Gasteiger partial charge in [-0.25, -0.2) is 0 Å². The van der Waals surface area contributed by atoms with Crippen LogP contribution >= 0.6 is 11.6 Å². The second-order valence-electron chi connectivity index (χ2n) is 7.06. The van der Waals surface area contributed by atoms with Crippen molar-refractivity contribution in [2.24, 2.45) is 0 Å². The molecule has 7 nitrogen and oxygen atoms in total. The summed E-state index contributed by atoms with van der Waals surface area (Å²) in [6.07, 6.45) is 0.640. The first kappa shape index (κ1) is 20.1. The fourth-order valence-corrected chi connectivity index (χ4v) is 3.55. The molecule has 2 aliphatic heterocycles. The number of hydrogen-bond acceptors (Lipinski definition) is 5. The highest BCUT2D eigenvalue weighted by Crippen LogP contribution is 2.20. The van der Waals surface area contributed by atoms with Gasteiger partial charge in [-0.3, -0.25) is 14.5 Å². The van der Waals surface area contributed by atoms with E-state index in [0.717, 1.165) is 12.0 Å². The number of carbonyl (C=O) groups excluding carboxylic acids is 2. The first-order chi connectivity index (χ1) is 13.0. The zero-order valence-electron chi connectivity index (χ0n) is 15.4. The molecule has 2 N–H and O–H groups in total. The van der Waals surface area contributed by atoms with Crippen molar-refractivity contribution in [2.75, 3.05) is 39.4 Å². The summed E-state index contributed by atoms with van der Waals surface area (Å²) in [5, 5.41) is 6.48. The van der Waals surface area contributed by atoms with E-state index in [1.807, 2.05) is 29.2 Å². The van der Waals surface area contributed by atoms with Crippen molar-refractivity contribution >= 4 is 23.4 Å². The van der Waals surface area contributed by atoms with E-state index in [0.29, 0.717) is 44.4 Å². The average molecular weight is 396 g/mol. The normalized spacial score (nSPS) is 23.5. The van der Waals surface area contributed by atoms with Crippen molar-refractivity contribution in [2.45, 2.75) is 31.6 Å². The molecule has 0 radical (unpaired) electrons. The van der Waals surface area contributed by atoms with Crippen LogP contribution in [0.3, 0.4) is 0 Å². The monoisotopic (exact) mass is 395 g/mol. The number of nitrogens with one attached hydrogen (secondary N) is 2. The van der Waals surface area contributed by atoms with E-state index in [1.165, 1.54) is 6.92 Å². The molecule has 2 saturated heterocycles. The van der Waals surface area contributed by atoms with Gasteiger partial charge in [0.2, 0.25) is 11.8 Å². The van der Waals surface area contributed by atoms with Crippen LogP contribution in [0, 0.1) is 0 Å². The fraction of sp³-hybridized carbons (Fsp3) is 0.579. The van der Waals surface area contributed by atoms with Gasteiger partial charge >= 0.3 is 0 Å². The van der Waals surface area contributed by atoms with Crippen LogP contribution in [-0.2, 0) is 25.5 Å². The van der Waals surface area contributed by atoms with Crippen molar-refractivity contribution in [3.05, 3.63) is 34.9 Å². The number of ether oxygens (including phenoxy) is 2. The van der Waals surface area contributed by atoms with Gasteiger partial charge in [0.25, 0.3) is 0 Å². The SMILES string of the molecule is CC(=O)NC1CO[C@H]2CN(CC(=O)NCCc3ccc(Cl)cc3)C[C@@H]2OC1. The zero-order chi connectivity index (χ0) is 19.2. The van der Waals surface area contributed by atoms with Gasteiger partial charge in [0, 0.05) is 31.6 Å². The van der Waals surface area contributed by atoms with Crippen LogP contribution in [0.4, 0.5) is 0 Å². The number of rotatable bonds is 6. The topological polar surface area (TPSA) is 79.9 Å². The second-order valence-corrected chi connectivity index (χ2v) is 7.50. The van der Waals surface area contributed by atoms with E-state index in [2.05, 4.69) is 10.6 Å². The molecule has 0 saturated carbocycles. The van der Waals surface area contributed by atoms with Gasteiger partial charge in [-0.05, 0) is 24.1 Å². The lowest BCUT2D eigenvalue weighted by Crippen LogP contribution is -2.41. The Hall–Kier alpha value is -1.67. The lowest BCUT2D eigenvalue weighted by atomic mass is 10.1. The number of benzene rings is 1. The number of hydrogen-bond donors (Lipinski definition) is 2. The van der Waals surface area contributed by atoms with Gasteiger partial charge in [-0.15, -0.1) is 0 Å². The molecule has 2 amide bonds. The lowest BCUT2D eigenvalue weighted by Gasteiger charge is -2.18. The Bertz CT molecular complexity index is 639. The van der Waals surface area contributed by atoms with Crippen molar-refractivity contribution in [1.82, 2.24) is 15.5 Å². The van der Waals surface area contributed by atoms with Gasteiger partial charge in [0.1, 0.15) is 0 Å². The van der Waals surface area contributed by atoms with Crippen LogP contribution in [0.15, 0.2) is 24.3 Å². The first-order valence-electron chi connectivity index (χ1n) is 9.23. The third-order valence-electron chi connectivity index (χ3n) is 4.74. The number of fused-ring (bicyclic) bond motifs is 1. The molecule has 2 heterocycles. The van der Waals surface area contributed by atoms with Crippen LogP contribution in [0.25, 0.3) is 0 Å². The molecule has 0 unspecified atom stereocenters. The molecule has 2 aliphatic rings. The number of nitrogens with zero attached hydrogens (tertiary/aromatic N) is 1. The maximum atomic E-state index is 12.2. The first-order valence-corrected chi connectivity index (χ1v) is 9.61.